The average Bonchev–Trinajstić information content (AvgIpc) is 3.28. The molecular formula is C16H17N3O2S3. The van der Waals surface area contributed by atoms with Crippen LogP contribution in [0.15, 0.2) is 58.3 Å². The summed E-state index contributed by atoms with van der Waals surface area (Å²) in [4.78, 5) is 5.42. The van der Waals surface area contributed by atoms with Gasteiger partial charge in [-0.2, -0.15) is 4.31 Å². The first kappa shape index (κ1) is 17.1. The van der Waals surface area contributed by atoms with E-state index in [9.17, 15) is 8.42 Å². The number of nitrogens with zero attached hydrogens (tertiary/aromatic N) is 2. The van der Waals surface area contributed by atoms with Crippen molar-refractivity contribution in [1.29, 1.82) is 0 Å². The Labute approximate surface area is 149 Å². The van der Waals surface area contributed by atoms with Gasteiger partial charge in [0.2, 0.25) is 0 Å². The summed E-state index contributed by atoms with van der Waals surface area (Å²) in [5, 5.41) is 5.74. The highest BCUT2D eigenvalue weighted by Crippen LogP contribution is 2.28. The van der Waals surface area contributed by atoms with E-state index in [1.165, 1.54) is 15.6 Å². The lowest BCUT2D eigenvalue weighted by molar-refractivity contribution is 0.482. The van der Waals surface area contributed by atoms with E-state index in [1.807, 2.05) is 36.5 Å². The van der Waals surface area contributed by atoms with Gasteiger partial charge in [-0.25, -0.2) is 13.4 Å². The zero-order chi connectivity index (χ0) is 17.0. The van der Waals surface area contributed by atoms with E-state index in [1.54, 1.807) is 35.9 Å². The van der Waals surface area contributed by atoms with Crippen molar-refractivity contribution in [3.63, 3.8) is 0 Å². The number of sulfonamides is 1. The molecule has 0 aliphatic heterocycles. The van der Waals surface area contributed by atoms with Crippen LogP contribution in [-0.4, -0.2) is 37.8 Å². The molecule has 1 N–H and O–H groups in total. The summed E-state index contributed by atoms with van der Waals surface area (Å²) in [5.41, 5.74) is 1.13. The number of rotatable bonds is 7. The van der Waals surface area contributed by atoms with Gasteiger partial charge in [0, 0.05) is 26.3 Å². The number of likely N-dealkylation sites (N-methyl/N-ethyl adjacent to an activating group) is 1. The van der Waals surface area contributed by atoms with E-state index in [0.29, 0.717) is 17.3 Å². The van der Waals surface area contributed by atoms with E-state index >= 15 is 0 Å². The molecule has 3 rings (SSSR count). The summed E-state index contributed by atoms with van der Waals surface area (Å²) in [6, 6.07) is 13.4. The van der Waals surface area contributed by atoms with Crippen molar-refractivity contribution < 1.29 is 8.42 Å². The standard InChI is InChI=1S/C16H17N3O2S3/c1-19(24(20,21)15-8-5-11-22-15)10-9-17-16-18-12-14(23-16)13-6-3-2-4-7-13/h2-8,11-12H,9-10H2,1H3,(H,17,18). The van der Waals surface area contributed by atoms with Crippen LogP contribution < -0.4 is 5.32 Å². The molecule has 0 aliphatic rings. The summed E-state index contributed by atoms with van der Waals surface area (Å²) in [7, 11) is -1.80. The lowest BCUT2D eigenvalue weighted by Gasteiger charge is -2.15. The molecule has 0 aliphatic carbocycles. The van der Waals surface area contributed by atoms with Crippen molar-refractivity contribution in [2.45, 2.75) is 4.21 Å². The number of thiophene rings is 1. The van der Waals surface area contributed by atoms with Crippen LogP contribution in [0.2, 0.25) is 0 Å². The molecule has 0 unspecified atom stereocenters. The molecule has 3 aromatic rings. The van der Waals surface area contributed by atoms with Crippen LogP contribution in [0.3, 0.4) is 0 Å². The Kier molecular flexibility index (Phi) is 5.30. The molecule has 1 aromatic carbocycles. The zero-order valence-corrected chi connectivity index (χ0v) is 15.5. The van der Waals surface area contributed by atoms with Gasteiger partial charge in [-0.15, -0.1) is 11.3 Å². The zero-order valence-electron chi connectivity index (χ0n) is 13.0. The number of hydrogen-bond donors (Lipinski definition) is 1. The predicted molar refractivity (Wildman–Crippen MR) is 100 cm³/mol. The van der Waals surface area contributed by atoms with Gasteiger partial charge < -0.3 is 5.32 Å². The van der Waals surface area contributed by atoms with Crippen molar-refractivity contribution in [1.82, 2.24) is 9.29 Å². The lowest BCUT2D eigenvalue weighted by Crippen LogP contribution is -2.31. The van der Waals surface area contributed by atoms with Gasteiger partial charge in [0.15, 0.2) is 5.13 Å². The Balaban J connectivity index is 1.56. The van der Waals surface area contributed by atoms with Crippen molar-refractivity contribution in [3.05, 3.63) is 54.0 Å². The Morgan fingerprint density at radius 3 is 2.67 bits per heavy atom. The number of anilines is 1. The smallest absolute Gasteiger partial charge is 0.252 e. The highest BCUT2D eigenvalue weighted by atomic mass is 32.2. The minimum absolute atomic E-state index is 0.366. The van der Waals surface area contributed by atoms with Gasteiger partial charge in [0.05, 0.1) is 4.88 Å². The molecule has 0 saturated carbocycles. The van der Waals surface area contributed by atoms with Crippen LogP contribution >= 0.6 is 22.7 Å². The quantitative estimate of drug-likeness (QED) is 0.681. The average molecular weight is 380 g/mol. The molecule has 0 spiro atoms. The highest BCUT2D eigenvalue weighted by molar-refractivity contribution is 7.91. The molecule has 2 heterocycles. The molecule has 126 valence electrons. The second kappa shape index (κ2) is 7.43. The highest BCUT2D eigenvalue weighted by Gasteiger charge is 2.21. The van der Waals surface area contributed by atoms with E-state index in [-0.39, 0.29) is 0 Å². The van der Waals surface area contributed by atoms with Crippen LogP contribution in [-0.2, 0) is 10.0 Å². The molecule has 0 saturated heterocycles. The summed E-state index contributed by atoms with van der Waals surface area (Å²) in [6.07, 6.45) is 1.83. The Hall–Kier alpha value is -1.74. The number of benzene rings is 1. The van der Waals surface area contributed by atoms with Gasteiger partial charge in [-0.1, -0.05) is 47.7 Å². The fourth-order valence-electron chi connectivity index (χ4n) is 2.10. The van der Waals surface area contributed by atoms with Gasteiger partial charge in [-0.05, 0) is 17.0 Å². The summed E-state index contributed by atoms with van der Waals surface area (Å²) in [5.74, 6) is 0. The summed E-state index contributed by atoms with van der Waals surface area (Å²) < 4.78 is 26.4. The third kappa shape index (κ3) is 3.84. The fraction of sp³-hybridized carbons (Fsp3) is 0.188. The Bertz CT molecular complexity index is 874. The molecule has 8 heteroatoms. The maximum atomic E-state index is 12.3. The second-order valence-electron chi connectivity index (χ2n) is 5.08. The number of thiazole rings is 1. The first-order valence-electron chi connectivity index (χ1n) is 7.32. The molecule has 2 aromatic heterocycles. The number of nitrogens with one attached hydrogen (secondary N) is 1. The monoisotopic (exact) mass is 379 g/mol. The van der Waals surface area contributed by atoms with Crippen molar-refractivity contribution >= 4 is 37.8 Å². The molecule has 24 heavy (non-hydrogen) atoms. The first-order valence-corrected chi connectivity index (χ1v) is 10.5. The van der Waals surface area contributed by atoms with Gasteiger partial charge in [0.25, 0.3) is 10.0 Å². The molecular weight excluding hydrogens is 362 g/mol. The van der Waals surface area contributed by atoms with Gasteiger partial charge >= 0.3 is 0 Å². The molecule has 5 nitrogen and oxygen atoms in total. The second-order valence-corrected chi connectivity index (χ2v) is 9.33. The van der Waals surface area contributed by atoms with Crippen molar-refractivity contribution in [2.24, 2.45) is 0 Å². The van der Waals surface area contributed by atoms with E-state index < -0.39 is 10.0 Å². The molecule has 0 amide bonds. The largest absolute Gasteiger partial charge is 0.360 e. The third-order valence-electron chi connectivity index (χ3n) is 3.43. The SMILES string of the molecule is CN(CCNc1ncc(-c2ccccc2)s1)S(=O)(=O)c1cccs1. The maximum absolute atomic E-state index is 12.3. The normalized spacial score (nSPS) is 11.8. The molecule has 0 bridgehead atoms. The summed E-state index contributed by atoms with van der Waals surface area (Å²) >= 11 is 2.78. The van der Waals surface area contributed by atoms with Crippen LogP contribution in [0, 0.1) is 0 Å². The Morgan fingerprint density at radius 2 is 1.96 bits per heavy atom. The minimum atomic E-state index is -3.39. The maximum Gasteiger partial charge on any atom is 0.252 e. The summed E-state index contributed by atoms with van der Waals surface area (Å²) in [6.45, 7) is 0.878. The van der Waals surface area contributed by atoms with E-state index in [0.717, 1.165) is 15.6 Å². The van der Waals surface area contributed by atoms with Crippen LogP contribution in [0.5, 0.6) is 0 Å². The molecule has 0 atom stereocenters. The number of hydrogen-bond acceptors (Lipinski definition) is 6. The van der Waals surface area contributed by atoms with Crippen molar-refractivity contribution in [3.8, 4) is 10.4 Å². The van der Waals surface area contributed by atoms with Crippen LogP contribution in [0.1, 0.15) is 0 Å². The first-order chi connectivity index (χ1) is 11.6. The molecule has 0 fully saturated rings. The van der Waals surface area contributed by atoms with E-state index in [4.69, 9.17) is 0 Å². The fourth-order valence-corrected chi connectivity index (χ4v) is 5.32. The van der Waals surface area contributed by atoms with Gasteiger partial charge in [-0.3, -0.25) is 0 Å². The van der Waals surface area contributed by atoms with E-state index in [2.05, 4.69) is 10.3 Å². The van der Waals surface area contributed by atoms with Crippen LogP contribution in [0.25, 0.3) is 10.4 Å². The minimum Gasteiger partial charge on any atom is -0.360 e. The lowest BCUT2D eigenvalue weighted by atomic mass is 10.2. The van der Waals surface area contributed by atoms with Crippen LogP contribution in [0.4, 0.5) is 5.13 Å². The number of aromatic nitrogens is 1. The van der Waals surface area contributed by atoms with Crippen molar-refractivity contribution in [2.75, 3.05) is 25.5 Å². The third-order valence-corrected chi connectivity index (χ3v) is 7.66. The molecule has 0 radical (unpaired) electrons. The predicted octanol–water partition coefficient (Wildman–Crippen LogP) is 3.60. The Morgan fingerprint density at radius 1 is 1.17 bits per heavy atom. The topological polar surface area (TPSA) is 62.3 Å². The van der Waals surface area contributed by atoms with Gasteiger partial charge in [0.1, 0.15) is 4.21 Å².